The topological polar surface area (TPSA) is 32.3 Å². The molecule has 1 heterocycles. The van der Waals surface area contributed by atoms with Crippen LogP contribution in [0.25, 0.3) is 0 Å². The zero-order valence-electron chi connectivity index (χ0n) is 8.49. The number of allylic oxidation sites excluding steroid dienone is 2. The van der Waals surface area contributed by atoms with E-state index in [1.54, 1.807) is 0 Å². The number of amides is 1. The Morgan fingerprint density at radius 3 is 3.00 bits per heavy atom. The molecule has 0 unspecified atom stereocenters. The molecule has 1 amide bonds. The van der Waals surface area contributed by atoms with E-state index in [0.29, 0.717) is 12.5 Å². The summed E-state index contributed by atoms with van der Waals surface area (Å²) in [6.45, 7) is 0.806. The third-order valence-electron chi connectivity index (χ3n) is 2.74. The summed E-state index contributed by atoms with van der Waals surface area (Å²) >= 11 is 0. The summed E-state index contributed by atoms with van der Waals surface area (Å²) in [7, 11) is 1.91. The van der Waals surface area contributed by atoms with E-state index in [9.17, 15) is 4.79 Å². The molecule has 1 aliphatic heterocycles. The van der Waals surface area contributed by atoms with E-state index in [2.05, 4.69) is 5.32 Å². The Morgan fingerprint density at radius 2 is 2.43 bits per heavy atom. The maximum Gasteiger partial charge on any atom is 0.226 e. The Hall–Kier alpha value is -1.25. The number of hydrogen-bond acceptors (Lipinski definition) is 2. The van der Waals surface area contributed by atoms with Crippen LogP contribution in [0.4, 0.5) is 0 Å². The van der Waals surface area contributed by atoms with E-state index in [1.165, 1.54) is 18.4 Å². The van der Waals surface area contributed by atoms with Gasteiger partial charge in [-0.1, -0.05) is 6.08 Å². The summed E-state index contributed by atoms with van der Waals surface area (Å²) in [5, 5.41) is 3.10. The van der Waals surface area contributed by atoms with Gasteiger partial charge in [-0.3, -0.25) is 4.79 Å². The monoisotopic (exact) mass is 192 g/mol. The average Bonchev–Trinajstić information content (AvgIpc) is 3.01. The first-order valence-electron chi connectivity index (χ1n) is 5.11. The molecule has 0 radical (unpaired) electrons. The number of rotatable bonds is 3. The van der Waals surface area contributed by atoms with E-state index in [0.717, 1.165) is 6.54 Å². The van der Waals surface area contributed by atoms with E-state index in [1.807, 2.05) is 30.3 Å². The molecule has 3 heteroatoms. The SMILES string of the molecule is CN(C(=O)CC1=CC=CNC1)C1CC1. The van der Waals surface area contributed by atoms with Gasteiger partial charge in [-0.2, -0.15) is 0 Å². The number of hydrogen-bond donors (Lipinski definition) is 1. The first-order valence-corrected chi connectivity index (χ1v) is 5.11. The van der Waals surface area contributed by atoms with Crippen LogP contribution < -0.4 is 5.32 Å². The van der Waals surface area contributed by atoms with Gasteiger partial charge in [-0.05, 0) is 30.7 Å². The number of carbonyl (C=O) groups is 1. The number of nitrogens with zero attached hydrogens (tertiary/aromatic N) is 1. The van der Waals surface area contributed by atoms with Gasteiger partial charge in [0.25, 0.3) is 0 Å². The normalized spacial score (nSPS) is 19.9. The number of nitrogens with one attached hydrogen (secondary N) is 1. The molecule has 14 heavy (non-hydrogen) atoms. The van der Waals surface area contributed by atoms with Crippen molar-refractivity contribution < 1.29 is 4.79 Å². The van der Waals surface area contributed by atoms with Crippen molar-refractivity contribution in [2.24, 2.45) is 0 Å². The molecular formula is C11H16N2O. The van der Waals surface area contributed by atoms with Crippen molar-refractivity contribution in [3.05, 3.63) is 23.9 Å². The van der Waals surface area contributed by atoms with Gasteiger partial charge >= 0.3 is 0 Å². The fourth-order valence-electron chi connectivity index (χ4n) is 1.61. The van der Waals surface area contributed by atoms with E-state index < -0.39 is 0 Å². The van der Waals surface area contributed by atoms with Crippen LogP contribution in [-0.2, 0) is 4.79 Å². The standard InChI is InChI=1S/C11H16N2O/c1-13(10-4-5-10)11(14)7-9-3-2-6-12-8-9/h2-3,6,10,12H,4-5,7-8H2,1H3. The molecule has 76 valence electrons. The van der Waals surface area contributed by atoms with Crippen LogP contribution in [0, 0.1) is 0 Å². The molecule has 1 N–H and O–H groups in total. The maximum atomic E-state index is 11.7. The molecule has 0 spiro atoms. The predicted octanol–water partition coefficient (Wildman–Crippen LogP) is 1.04. The third kappa shape index (κ3) is 2.16. The highest BCUT2D eigenvalue weighted by Crippen LogP contribution is 2.26. The molecule has 0 saturated heterocycles. The molecule has 1 aliphatic carbocycles. The van der Waals surface area contributed by atoms with Gasteiger partial charge < -0.3 is 10.2 Å². The summed E-state index contributed by atoms with van der Waals surface area (Å²) in [5.74, 6) is 0.246. The van der Waals surface area contributed by atoms with Crippen LogP contribution in [-0.4, -0.2) is 30.4 Å². The molecular weight excluding hydrogens is 176 g/mol. The molecule has 0 atom stereocenters. The van der Waals surface area contributed by atoms with Gasteiger partial charge in [0.2, 0.25) is 5.91 Å². The summed E-state index contributed by atoms with van der Waals surface area (Å²) in [4.78, 5) is 13.6. The van der Waals surface area contributed by atoms with Crippen LogP contribution in [0.1, 0.15) is 19.3 Å². The molecule has 1 fully saturated rings. The van der Waals surface area contributed by atoms with Crippen molar-refractivity contribution >= 4 is 5.91 Å². The maximum absolute atomic E-state index is 11.7. The van der Waals surface area contributed by atoms with Gasteiger partial charge in [0, 0.05) is 26.1 Å². The van der Waals surface area contributed by atoms with Crippen molar-refractivity contribution in [1.82, 2.24) is 10.2 Å². The molecule has 0 aromatic carbocycles. The highest BCUT2D eigenvalue weighted by Gasteiger charge is 2.29. The summed E-state index contributed by atoms with van der Waals surface area (Å²) in [6.07, 6.45) is 8.79. The minimum Gasteiger partial charge on any atom is -0.387 e. The van der Waals surface area contributed by atoms with Gasteiger partial charge in [-0.25, -0.2) is 0 Å². The highest BCUT2D eigenvalue weighted by molar-refractivity contribution is 5.79. The molecule has 2 aliphatic rings. The summed E-state index contributed by atoms with van der Waals surface area (Å²) < 4.78 is 0. The van der Waals surface area contributed by atoms with E-state index >= 15 is 0 Å². The second kappa shape index (κ2) is 3.86. The lowest BCUT2D eigenvalue weighted by Gasteiger charge is -2.18. The van der Waals surface area contributed by atoms with Gasteiger partial charge in [0.1, 0.15) is 0 Å². The van der Waals surface area contributed by atoms with Crippen LogP contribution in [0.15, 0.2) is 23.9 Å². The van der Waals surface area contributed by atoms with E-state index in [-0.39, 0.29) is 5.91 Å². The lowest BCUT2D eigenvalue weighted by molar-refractivity contribution is -0.129. The van der Waals surface area contributed by atoms with Crippen molar-refractivity contribution in [3.63, 3.8) is 0 Å². The largest absolute Gasteiger partial charge is 0.387 e. The predicted molar refractivity (Wildman–Crippen MR) is 55.6 cm³/mol. The Balaban J connectivity index is 1.86. The smallest absolute Gasteiger partial charge is 0.226 e. The molecule has 0 aromatic rings. The lowest BCUT2D eigenvalue weighted by Crippen LogP contribution is -2.30. The van der Waals surface area contributed by atoms with Crippen molar-refractivity contribution in [2.45, 2.75) is 25.3 Å². The third-order valence-corrected chi connectivity index (χ3v) is 2.74. The van der Waals surface area contributed by atoms with E-state index in [4.69, 9.17) is 0 Å². The Morgan fingerprint density at radius 1 is 1.64 bits per heavy atom. The van der Waals surface area contributed by atoms with Crippen molar-refractivity contribution in [3.8, 4) is 0 Å². The minimum absolute atomic E-state index is 0.246. The first-order chi connectivity index (χ1) is 6.77. The Bertz CT molecular complexity index is 290. The number of carbonyl (C=O) groups excluding carboxylic acids is 1. The highest BCUT2D eigenvalue weighted by atomic mass is 16.2. The zero-order chi connectivity index (χ0) is 9.97. The molecule has 0 aromatic heterocycles. The van der Waals surface area contributed by atoms with Crippen molar-refractivity contribution in [2.75, 3.05) is 13.6 Å². The molecule has 3 nitrogen and oxygen atoms in total. The minimum atomic E-state index is 0.246. The summed E-state index contributed by atoms with van der Waals surface area (Å²) in [5.41, 5.74) is 1.17. The fourth-order valence-corrected chi connectivity index (χ4v) is 1.61. The van der Waals surface area contributed by atoms with Gasteiger partial charge in [-0.15, -0.1) is 0 Å². The van der Waals surface area contributed by atoms with Crippen LogP contribution in [0.2, 0.25) is 0 Å². The summed E-state index contributed by atoms with van der Waals surface area (Å²) in [6, 6.07) is 0.523. The van der Waals surface area contributed by atoms with Crippen LogP contribution >= 0.6 is 0 Å². The second-order valence-corrected chi connectivity index (χ2v) is 3.98. The first kappa shape index (κ1) is 9.31. The average molecular weight is 192 g/mol. The molecule has 2 rings (SSSR count). The quantitative estimate of drug-likeness (QED) is 0.724. The molecule has 0 bridgehead atoms. The fraction of sp³-hybridized carbons (Fsp3) is 0.545. The van der Waals surface area contributed by atoms with Crippen molar-refractivity contribution in [1.29, 1.82) is 0 Å². The Labute approximate surface area is 84.5 Å². The zero-order valence-corrected chi connectivity index (χ0v) is 8.49. The van der Waals surface area contributed by atoms with Gasteiger partial charge in [0.05, 0.1) is 0 Å². The van der Waals surface area contributed by atoms with Gasteiger partial charge in [0.15, 0.2) is 0 Å². The van der Waals surface area contributed by atoms with Crippen LogP contribution in [0.3, 0.4) is 0 Å². The lowest BCUT2D eigenvalue weighted by atomic mass is 10.1. The Kier molecular flexibility index (Phi) is 2.57. The molecule has 1 saturated carbocycles. The number of dihydropyridines is 1. The van der Waals surface area contributed by atoms with Crippen LogP contribution in [0.5, 0.6) is 0 Å². The second-order valence-electron chi connectivity index (χ2n) is 3.98.